The second kappa shape index (κ2) is 7.52. The summed E-state index contributed by atoms with van der Waals surface area (Å²) in [5.41, 5.74) is 3.09. The van der Waals surface area contributed by atoms with Crippen LogP contribution in [-0.4, -0.2) is 18.4 Å². The summed E-state index contributed by atoms with van der Waals surface area (Å²) >= 11 is 12.4. The van der Waals surface area contributed by atoms with E-state index in [9.17, 15) is 14.0 Å². The number of anilines is 2. The number of imide groups is 1. The highest BCUT2D eigenvalue weighted by atomic mass is 35.5. The van der Waals surface area contributed by atoms with Gasteiger partial charge in [0.15, 0.2) is 0 Å². The molecular formula is C24H15Cl2FN2O2. The molecule has 0 saturated carbocycles. The Morgan fingerprint density at radius 1 is 0.839 bits per heavy atom. The Morgan fingerprint density at radius 2 is 1.58 bits per heavy atom. The minimum absolute atomic E-state index is 0.206. The van der Waals surface area contributed by atoms with Crippen molar-refractivity contribution in [3.63, 3.8) is 0 Å². The van der Waals surface area contributed by atoms with Crippen molar-refractivity contribution in [1.82, 2.24) is 0 Å². The highest BCUT2D eigenvalue weighted by Gasteiger charge is 2.44. The first-order valence-corrected chi connectivity index (χ1v) is 10.4. The maximum absolute atomic E-state index is 13.7. The van der Waals surface area contributed by atoms with Crippen molar-refractivity contribution in [2.75, 3.05) is 16.3 Å². The summed E-state index contributed by atoms with van der Waals surface area (Å²) in [6, 6.07) is 17.9. The van der Waals surface area contributed by atoms with Gasteiger partial charge in [-0.2, -0.15) is 0 Å². The lowest BCUT2D eigenvalue weighted by atomic mass is 10.0. The molecular weight excluding hydrogens is 438 g/mol. The molecule has 154 valence electrons. The molecule has 0 bridgehead atoms. The van der Waals surface area contributed by atoms with E-state index in [4.69, 9.17) is 23.2 Å². The standard InChI is InChI=1S/C24H15Cl2FN2O2/c25-16-7-10-18(26)20(13-16)29-23(30)21(15-5-8-17(27)9-6-15)22(24(29)31)28-12-11-14-3-1-2-4-19(14)28/h1-10,13H,11-12H2. The first-order valence-electron chi connectivity index (χ1n) is 9.65. The van der Waals surface area contributed by atoms with Crippen LogP contribution in [0.25, 0.3) is 5.57 Å². The van der Waals surface area contributed by atoms with Crippen LogP contribution in [0, 0.1) is 5.82 Å². The van der Waals surface area contributed by atoms with Crippen molar-refractivity contribution in [2.24, 2.45) is 0 Å². The molecule has 0 spiro atoms. The number of hydrogen-bond donors (Lipinski definition) is 0. The maximum Gasteiger partial charge on any atom is 0.282 e. The Labute approximate surface area is 188 Å². The highest BCUT2D eigenvalue weighted by Crippen LogP contribution is 2.42. The van der Waals surface area contributed by atoms with Gasteiger partial charge >= 0.3 is 0 Å². The van der Waals surface area contributed by atoms with E-state index in [1.165, 1.54) is 30.3 Å². The number of fused-ring (bicyclic) bond motifs is 1. The van der Waals surface area contributed by atoms with Crippen LogP contribution in [0.1, 0.15) is 11.1 Å². The number of nitrogens with zero attached hydrogens (tertiary/aromatic N) is 2. The van der Waals surface area contributed by atoms with E-state index in [1.807, 2.05) is 29.2 Å². The van der Waals surface area contributed by atoms with Gasteiger partial charge in [0, 0.05) is 17.3 Å². The van der Waals surface area contributed by atoms with Gasteiger partial charge in [-0.3, -0.25) is 9.59 Å². The van der Waals surface area contributed by atoms with Crippen molar-refractivity contribution in [3.8, 4) is 0 Å². The lowest BCUT2D eigenvalue weighted by Crippen LogP contribution is -2.35. The minimum Gasteiger partial charge on any atom is -0.336 e. The van der Waals surface area contributed by atoms with E-state index in [0.717, 1.165) is 22.6 Å². The normalized spacial score (nSPS) is 15.8. The number of amides is 2. The molecule has 3 aromatic rings. The molecule has 0 N–H and O–H groups in total. The molecule has 0 radical (unpaired) electrons. The molecule has 0 aromatic heterocycles. The Hall–Kier alpha value is -3.15. The van der Waals surface area contributed by atoms with Crippen LogP contribution in [0.4, 0.5) is 15.8 Å². The van der Waals surface area contributed by atoms with Crippen LogP contribution >= 0.6 is 23.2 Å². The topological polar surface area (TPSA) is 40.6 Å². The summed E-state index contributed by atoms with van der Waals surface area (Å²) in [5.74, 6) is -1.45. The van der Waals surface area contributed by atoms with Crippen molar-refractivity contribution in [3.05, 3.63) is 99.4 Å². The van der Waals surface area contributed by atoms with Crippen molar-refractivity contribution in [2.45, 2.75) is 6.42 Å². The van der Waals surface area contributed by atoms with Gasteiger partial charge in [0.2, 0.25) is 0 Å². The third-order valence-corrected chi connectivity index (χ3v) is 6.05. The number of carbonyl (C=O) groups excluding carboxylic acids is 2. The van der Waals surface area contributed by atoms with E-state index < -0.39 is 17.6 Å². The number of benzene rings is 3. The summed E-state index contributed by atoms with van der Waals surface area (Å²) in [6.07, 6.45) is 0.746. The number of carbonyl (C=O) groups is 2. The fraction of sp³-hybridized carbons (Fsp3) is 0.0833. The van der Waals surface area contributed by atoms with E-state index in [2.05, 4.69) is 0 Å². The Bertz CT molecular complexity index is 1270. The van der Waals surface area contributed by atoms with Gasteiger partial charge in [-0.1, -0.05) is 53.5 Å². The molecule has 0 atom stereocenters. The molecule has 0 fully saturated rings. The fourth-order valence-electron chi connectivity index (χ4n) is 4.09. The first kappa shape index (κ1) is 19.8. The van der Waals surface area contributed by atoms with Crippen molar-refractivity contribution < 1.29 is 14.0 Å². The molecule has 7 heteroatoms. The first-order chi connectivity index (χ1) is 15.0. The molecule has 0 unspecified atom stereocenters. The fourth-order valence-corrected chi connectivity index (χ4v) is 4.46. The Balaban J connectivity index is 1.71. The smallest absolute Gasteiger partial charge is 0.282 e. The van der Waals surface area contributed by atoms with Crippen molar-refractivity contribution in [1.29, 1.82) is 0 Å². The molecule has 3 aromatic carbocycles. The summed E-state index contributed by atoms with van der Waals surface area (Å²) in [7, 11) is 0. The van der Waals surface area contributed by atoms with Crippen LogP contribution < -0.4 is 9.80 Å². The second-order valence-electron chi connectivity index (χ2n) is 7.30. The van der Waals surface area contributed by atoms with Gasteiger partial charge in [0.25, 0.3) is 11.8 Å². The van der Waals surface area contributed by atoms with Gasteiger partial charge in [-0.05, 0) is 53.9 Å². The van der Waals surface area contributed by atoms with Crippen molar-refractivity contribution >= 4 is 52.0 Å². The maximum atomic E-state index is 13.7. The SMILES string of the molecule is O=C1C(c2ccc(F)cc2)=C(N2CCc3ccccc32)C(=O)N1c1cc(Cl)ccc1Cl. The van der Waals surface area contributed by atoms with Crippen LogP contribution in [0.5, 0.6) is 0 Å². The largest absolute Gasteiger partial charge is 0.336 e. The van der Waals surface area contributed by atoms with Gasteiger partial charge in [0.05, 0.1) is 16.3 Å². The minimum atomic E-state index is -0.528. The molecule has 2 heterocycles. The number of hydrogen-bond acceptors (Lipinski definition) is 3. The van der Waals surface area contributed by atoms with Crippen LogP contribution in [0.3, 0.4) is 0 Å². The predicted molar refractivity (Wildman–Crippen MR) is 120 cm³/mol. The lowest BCUT2D eigenvalue weighted by molar-refractivity contribution is -0.120. The third-order valence-electron chi connectivity index (χ3n) is 5.50. The molecule has 31 heavy (non-hydrogen) atoms. The molecule has 2 amide bonds. The quantitative estimate of drug-likeness (QED) is 0.494. The average Bonchev–Trinajstić information content (AvgIpc) is 3.29. The summed E-state index contributed by atoms with van der Waals surface area (Å²) in [4.78, 5) is 30.1. The van der Waals surface area contributed by atoms with Crippen LogP contribution in [0.15, 0.2) is 72.4 Å². The summed E-state index contributed by atoms with van der Waals surface area (Å²) < 4.78 is 13.6. The Morgan fingerprint density at radius 3 is 2.35 bits per heavy atom. The van der Waals surface area contributed by atoms with Gasteiger partial charge < -0.3 is 4.90 Å². The molecule has 2 aliphatic heterocycles. The van der Waals surface area contributed by atoms with Gasteiger partial charge in [0.1, 0.15) is 11.5 Å². The molecule has 0 saturated heterocycles. The predicted octanol–water partition coefficient (Wildman–Crippen LogP) is 5.48. The molecule has 4 nitrogen and oxygen atoms in total. The third kappa shape index (κ3) is 3.21. The number of para-hydroxylation sites is 1. The van der Waals surface area contributed by atoms with E-state index in [-0.39, 0.29) is 22.0 Å². The number of rotatable bonds is 3. The van der Waals surface area contributed by atoms with E-state index in [1.54, 1.807) is 12.1 Å². The zero-order chi connectivity index (χ0) is 21.7. The summed E-state index contributed by atoms with van der Waals surface area (Å²) in [5, 5.41) is 0.580. The van der Waals surface area contributed by atoms with Crippen LogP contribution in [0.2, 0.25) is 10.0 Å². The Kier molecular flexibility index (Phi) is 4.80. The summed E-state index contributed by atoms with van der Waals surface area (Å²) in [6.45, 7) is 0.551. The molecule has 5 rings (SSSR count). The number of halogens is 3. The monoisotopic (exact) mass is 452 g/mol. The zero-order valence-corrected chi connectivity index (χ0v) is 17.6. The molecule has 2 aliphatic rings. The van der Waals surface area contributed by atoms with E-state index in [0.29, 0.717) is 17.1 Å². The van der Waals surface area contributed by atoms with E-state index >= 15 is 0 Å². The second-order valence-corrected chi connectivity index (χ2v) is 8.15. The molecule has 0 aliphatic carbocycles. The van der Waals surface area contributed by atoms with Gasteiger partial charge in [-0.25, -0.2) is 9.29 Å². The average molecular weight is 453 g/mol. The van der Waals surface area contributed by atoms with Crippen LogP contribution in [-0.2, 0) is 16.0 Å². The van der Waals surface area contributed by atoms with Gasteiger partial charge in [-0.15, -0.1) is 0 Å². The highest BCUT2D eigenvalue weighted by molar-refractivity contribution is 6.48. The lowest BCUT2D eigenvalue weighted by Gasteiger charge is -2.22. The zero-order valence-electron chi connectivity index (χ0n) is 16.1.